The summed E-state index contributed by atoms with van der Waals surface area (Å²) in [5.41, 5.74) is 2.21. The van der Waals surface area contributed by atoms with Crippen LogP contribution in [0.2, 0.25) is 0 Å². The van der Waals surface area contributed by atoms with Crippen molar-refractivity contribution >= 4 is 10.8 Å². The van der Waals surface area contributed by atoms with Crippen LogP contribution in [0.4, 0.5) is 0 Å². The van der Waals surface area contributed by atoms with Gasteiger partial charge in [0.2, 0.25) is 0 Å². The molecule has 0 amide bonds. The van der Waals surface area contributed by atoms with Crippen LogP contribution in [0.3, 0.4) is 0 Å². The fraction of sp³-hybridized carbons (Fsp3) is 0.0667. The first-order valence-corrected chi connectivity index (χ1v) is 5.97. The number of nitrogens with zero attached hydrogens (tertiary/aromatic N) is 1. The van der Waals surface area contributed by atoms with Crippen LogP contribution in [0.1, 0.15) is 5.56 Å². The fourth-order valence-corrected chi connectivity index (χ4v) is 2.15. The highest BCUT2D eigenvalue weighted by molar-refractivity contribution is 5.93. The van der Waals surface area contributed by atoms with E-state index in [2.05, 4.69) is 10.2 Å². The molecule has 3 rings (SSSR count). The van der Waals surface area contributed by atoms with Gasteiger partial charge in [-0.15, -0.1) is 0 Å². The second kappa shape index (κ2) is 4.66. The number of aromatic nitrogens is 2. The Balaban J connectivity index is 2.31. The second-order valence-corrected chi connectivity index (χ2v) is 4.31. The SMILES string of the molecule is O=c1[nH]nc(-c2cccc(CO)c2)c2ccccc12. The summed E-state index contributed by atoms with van der Waals surface area (Å²) in [7, 11) is 0. The Hall–Kier alpha value is -2.46. The van der Waals surface area contributed by atoms with Gasteiger partial charge in [0.15, 0.2) is 0 Å². The summed E-state index contributed by atoms with van der Waals surface area (Å²) in [6.07, 6.45) is 0. The average molecular weight is 252 g/mol. The Labute approximate surface area is 109 Å². The molecule has 0 aliphatic rings. The van der Waals surface area contributed by atoms with Crippen LogP contribution in [-0.4, -0.2) is 15.3 Å². The first-order valence-electron chi connectivity index (χ1n) is 5.97. The largest absolute Gasteiger partial charge is 0.392 e. The summed E-state index contributed by atoms with van der Waals surface area (Å²) in [5, 5.41) is 17.3. The highest BCUT2D eigenvalue weighted by atomic mass is 16.3. The summed E-state index contributed by atoms with van der Waals surface area (Å²) in [5.74, 6) is 0. The molecule has 3 aromatic rings. The number of hydrogen-bond donors (Lipinski definition) is 2. The lowest BCUT2D eigenvalue weighted by atomic mass is 10.0. The fourth-order valence-electron chi connectivity index (χ4n) is 2.15. The van der Waals surface area contributed by atoms with Gasteiger partial charge in [0, 0.05) is 10.9 Å². The molecular weight excluding hydrogens is 240 g/mol. The highest BCUT2D eigenvalue weighted by Crippen LogP contribution is 2.24. The van der Waals surface area contributed by atoms with Gasteiger partial charge in [0.05, 0.1) is 17.7 Å². The van der Waals surface area contributed by atoms with Crippen molar-refractivity contribution in [3.63, 3.8) is 0 Å². The lowest BCUT2D eigenvalue weighted by Gasteiger charge is -2.06. The highest BCUT2D eigenvalue weighted by Gasteiger charge is 2.08. The predicted octanol–water partition coefficient (Wildman–Crippen LogP) is 2.08. The zero-order chi connectivity index (χ0) is 13.2. The molecule has 4 heteroatoms. The Kier molecular flexibility index (Phi) is 2.85. The maximum atomic E-state index is 11.7. The van der Waals surface area contributed by atoms with Crippen molar-refractivity contribution in [2.75, 3.05) is 0 Å². The number of nitrogens with one attached hydrogen (secondary N) is 1. The molecule has 1 heterocycles. The van der Waals surface area contributed by atoms with E-state index >= 15 is 0 Å². The van der Waals surface area contributed by atoms with Crippen molar-refractivity contribution in [2.45, 2.75) is 6.61 Å². The molecule has 0 bridgehead atoms. The summed E-state index contributed by atoms with van der Waals surface area (Å²) in [6, 6.07) is 14.8. The van der Waals surface area contributed by atoms with E-state index < -0.39 is 0 Å². The van der Waals surface area contributed by atoms with Gasteiger partial charge in [-0.3, -0.25) is 4.79 Å². The number of rotatable bonds is 2. The molecule has 0 aliphatic heterocycles. The molecule has 2 N–H and O–H groups in total. The quantitative estimate of drug-likeness (QED) is 0.733. The Morgan fingerprint density at radius 1 is 1.05 bits per heavy atom. The summed E-state index contributed by atoms with van der Waals surface area (Å²) in [4.78, 5) is 11.7. The first-order chi connectivity index (χ1) is 9.29. The van der Waals surface area contributed by atoms with Crippen molar-refractivity contribution in [1.82, 2.24) is 10.2 Å². The number of H-pyrrole nitrogens is 1. The van der Waals surface area contributed by atoms with Crippen LogP contribution < -0.4 is 5.56 Å². The van der Waals surface area contributed by atoms with E-state index in [0.29, 0.717) is 11.1 Å². The van der Waals surface area contributed by atoms with Crippen molar-refractivity contribution < 1.29 is 5.11 Å². The molecule has 0 spiro atoms. The van der Waals surface area contributed by atoms with E-state index in [4.69, 9.17) is 0 Å². The summed E-state index contributed by atoms with van der Waals surface area (Å²) in [6.45, 7) is -0.0187. The van der Waals surface area contributed by atoms with Crippen LogP contribution in [0.5, 0.6) is 0 Å². The third kappa shape index (κ3) is 2.02. The molecule has 2 aromatic carbocycles. The minimum Gasteiger partial charge on any atom is -0.392 e. The molecule has 1 aromatic heterocycles. The lowest BCUT2D eigenvalue weighted by Crippen LogP contribution is -2.09. The third-order valence-corrected chi connectivity index (χ3v) is 3.08. The van der Waals surface area contributed by atoms with E-state index in [-0.39, 0.29) is 12.2 Å². The molecule has 0 saturated heterocycles. The maximum Gasteiger partial charge on any atom is 0.272 e. The molecule has 19 heavy (non-hydrogen) atoms. The van der Waals surface area contributed by atoms with Crippen LogP contribution in [0.25, 0.3) is 22.0 Å². The Morgan fingerprint density at radius 3 is 2.63 bits per heavy atom. The van der Waals surface area contributed by atoms with E-state index in [9.17, 15) is 9.90 Å². The van der Waals surface area contributed by atoms with Gasteiger partial charge in [-0.05, 0) is 17.7 Å². The van der Waals surface area contributed by atoms with Gasteiger partial charge in [0.1, 0.15) is 0 Å². The summed E-state index contributed by atoms with van der Waals surface area (Å²) < 4.78 is 0. The van der Waals surface area contributed by atoms with Crippen LogP contribution in [0, 0.1) is 0 Å². The minimum atomic E-state index is -0.197. The van der Waals surface area contributed by atoms with Crippen LogP contribution in [0.15, 0.2) is 53.3 Å². The number of aliphatic hydroxyl groups excluding tert-OH is 1. The van der Waals surface area contributed by atoms with Crippen molar-refractivity contribution in [3.8, 4) is 11.3 Å². The standard InChI is InChI=1S/C15H12N2O2/c18-9-10-4-3-5-11(8-10)14-12-6-1-2-7-13(12)15(19)17-16-14/h1-8,18H,9H2,(H,17,19). The monoisotopic (exact) mass is 252 g/mol. The van der Waals surface area contributed by atoms with Gasteiger partial charge in [-0.25, -0.2) is 5.10 Å². The van der Waals surface area contributed by atoms with Crippen molar-refractivity contribution in [3.05, 3.63) is 64.4 Å². The summed E-state index contributed by atoms with van der Waals surface area (Å²) >= 11 is 0. The zero-order valence-electron chi connectivity index (χ0n) is 10.1. The lowest BCUT2D eigenvalue weighted by molar-refractivity contribution is 0.282. The van der Waals surface area contributed by atoms with Gasteiger partial charge in [0.25, 0.3) is 5.56 Å². The van der Waals surface area contributed by atoms with Gasteiger partial charge < -0.3 is 5.11 Å². The molecule has 0 fully saturated rings. The maximum absolute atomic E-state index is 11.7. The smallest absolute Gasteiger partial charge is 0.272 e. The number of hydrogen-bond acceptors (Lipinski definition) is 3. The first kappa shape index (κ1) is 11.6. The van der Waals surface area contributed by atoms with Gasteiger partial charge in [-0.1, -0.05) is 36.4 Å². The van der Waals surface area contributed by atoms with Crippen molar-refractivity contribution in [2.24, 2.45) is 0 Å². The average Bonchev–Trinajstić information content (AvgIpc) is 2.48. The molecule has 0 unspecified atom stereocenters. The molecule has 4 nitrogen and oxygen atoms in total. The minimum absolute atomic E-state index is 0.0187. The van der Waals surface area contributed by atoms with Gasteiger partial charge in [-0.2, -0.15) is 5.10 Å². The van der Waals surface area contributed by atoms with Gasteiger partial charge >= 0.3 is 0 Å². The van der Waals surface area contributed by atoms with E-state index in [1.807, 2.05) is 42.5 Å². The molecule has 0 aliphatic carbocycles. The molecule has 0 radical (unpaired) electrons. The Morgan fingerprint density at radius 2 is 1.84 bits per heavy atom. The molecule has 0 saturated carbocycles. The number of aromatic amines is 1. The van der Waals surface area contributed by atoms with Crippen LogP contribution in [-0.2, 0) is 6.61 Å². The zero-order valence-corrected chi connectivity index (χ0v) is 10.1. The third-order valence-electron chi connectivity index (χ3n) is 3.08. The second-order valence-electron chi connectivity index (χ2n) is 4.31. The molecular formula is C15H12N2O2. The van der Waals surface area contributed by atoms with Crippen LogP contribution >= 0.6 is 0 Å². The topological polar surface area (TPSA) is 66.0 Å². The predicted molar refractivity (Wildman–Crippen MR) is 73.7 cm³/mol. The molecule has 0 atom stereocenters. The normalized spacial score (nSPS) is 10.8. The van der Waals surface area contributed by atoms with Crippen molar-refractivity contribution in [1.29, 1.82) is 0 Å². The van der Waals surface area contributed by atoms with E-state index in [1.165, 1.54) is 0 Å². The number of benzene rings is 2. The number of aliphatic hydroxyl groups is 1. The van der Waals surface area contributed by atoms with E-state index in [0.717, 1.165) is 16.5 Å². The van der Waals surface area contributed by atoms with E-state index in [1.54, 1.807) is 6.07 Å². The Bertz CT molecular complexity index is 793. The number of fused-ring (bicyclic) bond motifs is 1. The molecule has 94 valence electrons.